The molecule has 96 valence electrons. The molecule has 0 spiro atoms. The van der Waals surface area contributed by atoms with E-state index in [0.717, 1.165) is 0 Å². The Morgan fingerprint density at radius 1 is 0.875 bits per heavy atom. The Labute approximate surface area is 90.9 Å². The van der Waals surface area contributed by atoms with Gasteiger partial charge in [-0.25, -0.2) is 13.2 Å². The average molecular weight is 291 g/mol. The second-order valence-electron chi connectivity index (χ2n) is 2.67. The topological polar surface area (TPSA) is 0 Å². The predicted octanol–water partition coefficient (Wildman–Crippen LogP) is 5.67. The Bertz CT molecular complexity index is 400. The molecule has 0 unspecified atom stereocenters. The van der Waals surface area contributed by atoms with Gasteiger partial charge in [-0.3, -0.25) is 0 Å². The van der Waals surface area contributed by atoms with Crippen molar-refractivity contribution in [2.45, 2.75) is 12.3 Å². The maximum Gasteiger partial charge on any atom is 0.259 e. The fourth-order valence-electron chi connectivity index (χ4n) is 0.897. The van der Waals surface area contributed by atoms with Crippen LogP contribution >= 0.6 is 19.7 Å². The number of benzene rings is 1. The van der Waals surface area contributed by atoms with E-state index in [0.29, 0.717) is 0 Å². The molecule has 0 amide bonds. The van der Waals surface area contributed by atoms with Crippen LogP contribution in [-0.4, -0.2) is 0 Å². The Balaban J connectivity index is 0.00000225. The van der Waals surface area contributed by atoms with E-state index >= 15 is 0 Å². The number of halogens is 8. The number of hydrogen-bond donors (Lipinski definition) is 0. The van der Waals surface area contributed by atoms with Crippen molar-refractivity contribution in [1.29, 1.82) is 0 Å². The van der Waals surface area contributed by atoms with Gasteiger partial charge in [0.05, 0.1) is 0 Å². The monoisotopic (exact) mass is 290 g/mol. The summed E-state index contributed by atoms with van der Waals surface area (Å²) >= 11 is 0. The number of rotatable bonds is 1. The summed E-state index contributed by atoms with van der Waals surface area (Å²) in [5.41, 5.74) is 0. The molecule has 0 fully saturated rings. The first-order chi connectivity index (χ1) is 6.31. The lowest BCUT2D eigenvalue weighted by Crippen LogP contribution is -2.10. The van der Waals surface area contributed by atoms with Crippen LogP contribution in [0.2, 0.25) is 0 Å². The van der Waals surface area contributed by atoms with E-state index in [-0.39, 0.29) is 19.6 Å². The van der Waals surface area contributed by atoms with Crippen LogP contribution in [0.3, 0.4) is 0 Å². The van der Waals surface area contributed by atoms with Crippen LogP contribution in [0.1, 0.15) is 7.43 Å². The summed E-state index contributed by atoms with van der Waals surface area (Å²) in [5.74, 6) is -6.47. The van der Waals surface area contributed by atoms with E-state index in [1.165, 1.54) is 0 Å². The van der Waals surface area contributed by atoms with Gasteiger partial charge in [0.2, 0.25) is 0 Å². The molecule has 0 radical (unpaired) electrons. The molecule has 0 saturated heterocycles. The van der Waals surface area contributed by atoms with Crippen LogP contribution in [-0.2, 0) is 0 Å². The minimum absolute atomic E-state index is 0. The van der Waals surface area contributed by atoms with Crippen LogP contribution in [0.25, 0.3) is 0 Å². The summed E-state index contributed by atoms with van der Waals surface area (Å²) in [4.78, 5) is -2.89. The Hall–Kier alpha value is -0.630. The Morgan fingerprint density at radius 3 is 1.44 bits per heavy atom. The molecule has 16 heavy (non-hydrogen) atoms. The molecule has 0 bridgehead atoms. The van der Waals surface area contributed by atoms with Gasteiger partial charge < -0.3 is 0 Å². The highest BCUT2D eigenvalue weighted by Crippen LogP contribution is 3.04. The fraction of sp³-hybridized carbons (Fsp3) is 0.143. The normalized spacial score (nSPS) is 16.0. The fourth-order valence-corrected chi connectivity index (χ4v) is 2.19. The van der Waals surface area contributed by atoms with Gasteiger partial charge in [0.1, 0.15) is 17.5 Å². The third kappa shape index (κ3) is 3.18. The van der Waals surface area contributed by atoms with E-state index in [4.69, 9.17) is 0 Å². The standard InChI is InChI=1S/C6H2ClF7S.CH4/c7-15(11,12,13,14)6-4(9)1-3(8)2-5(6)10;/h1-2H;1H4. The van der Waals surface area contributed by atoms with Crippen LogP contribution in [0.4, 0.5) is 28.7 Å². The lowest BCUT2D eigenvalue weighted by molar-refractivity contribution is 0.434. The SMILES string of the molecule is C.Fc1cc(F)c(S(F)(F)(F)(F)Cl)c(F)c1. The minimum Gasteiger partial charge on any atom is -0.207 e. The van der Waals surface area contributed by atoms with Crippen LogP contribution in [0, 0.1) is 17.5 Å². The van der Waals surface area contributed by atoms with Gasteiger partial charge in [-0.1, -0.05) is 7.43 Å². The van der Waals surface area contributed by atoms with Gasteiger partial charge in [0, 0.05) is 22.8 Å². The summed E-state index contributed by atoms with van der Waals surface area (Å²) in [6, 6.07) is -0.613. The highest BCUT2D eigenvalue weighted by Gasteiger charge is 2.66. The summed E-state index contributed by atoms with van der Waals surface area (Å²) < 4.78 is 87.2. The van der Waals surface area contributed by atoms with E-state index in [1.807, 2.05) is 0 Å². The number of hydrogen-bond acceptors (Lipinski definition) is 0. The largest absolute Gasteiger partial charge is 0.259 e. The van der Waals surface area contributed by atoms with Gasteiger partial charge in [-0.05, 0) is 0 Å². The van der Waals surface area contributed by atoms with Crippen molar-refractivity contribution in [2.75, 3.05) is 0 Å². The summed E-state index contributed by atoms with van der Waals surface area (Å²) in [6.45, 7) is 0. The van der Waals surface area contributed by atoms with Crippen molar-refractivity contribution in [3.8, 4) is 0 Å². The van der Waals surface area contributed by atoms with Gasteiger partial charge in [0.15, 0.2) is 4.90 Å². The summed E-state index contributed by atoms with van der Waals surface area (Å²) in [6.07, 6.45) is 0. The van der Waals surface area contributed by atoms with E-state index in [2.05, 4.69) is 10.7 Å². The minimum atomic E-state index is -9.50. The lowest BCUT2D eigenvalue weighted by atomic mass is 10.3. The van der Waals surface area contributed by atoms with E-state index < -0.39 is 31.4 Å². The molecule has 0 aliphatic rings. The first-order valence-corrected chi connectivity index (χ1v) is 6.07. The van der Waals surface area contributed by atoms with Gasteiger partial charge >= 0.3 is 0 Å². The molecule has 1 aromatic carbocycles. The van der Waals surface area contributed by atoms with Crippen molar-refractivity contribution >= 4 is 19.7 Å². The molecular formula is C7H6ClF7S. The molecule has 0 nitrogen and oxygen atoms in total. The Kier molecular flexibility index (Phi) is 3.07. The van der Waals surface area contributed by atoms with Crippen LogP contribution in [0.5, 0.6) is 0 Å². The van der Waals surface area contributed by atoms with Crippen molar-refractivity contribution in [2.24, 2.45) is 0 Å². The second-order valence-corrected chi connectivity index (χ2v) is 6.88. The molecule has 0 aliphatic heterocycles. The lowest BCUT2D eigenvalue weighted by Gasteiger charge is -2.42. The first kappa shape index (κ1) is 15.4. The quantitative estimate of drug-likeness (QED) is 0.585. The van der Waals surface area contributed by atoms with Gasteiger partial charge in [0.25, 0.3) is 9.05 Å². The molecule has 0 atom stereocenters. The maximum absolute atomic E-state index is 12.6. The summed E-state index contributed by atoms with van der Waals surface area (Å²) in [7, 11) is -5.81. The zero-order chi connectivity index (χ0) is 12.1. The highest BCUT2D eigenvalue weighted by atomic mass is 35.7. The van der Waals surface area contributed by atoms with E-state index in [9.17, 15) is 28.7 Å². The molecule has 0 N–H and O–H groups in total. The predicted molar refractivity (Wildman–Crippen MR) is 49.2 cm³/mol. The molecule has 0 aromatic heterocycles. The summed E-state index contributed by atoms with van der Waals surface area (Å²) in [5, 5.41) is 0. The molecule has 1 aromatic rings. The average Bonchev–Trinajstić information content (AvgIpc) is 1.74. The van der Waals surface area contributed by atoms with Crippen molar-refractivity contribution in [3.05, 3.63) is 29.6 Å². The van der Waals surface area contributed by atoms with Crippen molar-refractivity contribution in [3.63, 3.8) is 0 Å². The first-order valence-electron chi connectivity index (χ1n) is 3.20. The third-order valence-electron chi connectivity index (χ3n) is 1.35. The molecular weight excluding hydrogens is 285 g/mol. The third-order valence-corrected chi connectivity index (χ3v) is 2.97. The van der Waals surface area contributed by atoms with Crippen molar-refractivity contribution < 1.29 is 28.7 Å². The Morgan fingerprint density at radius 2 is 1.19 bits per heavy atom. The molecule has 9 heteroatoms. The molecule has 0 saturated carbocycles. The smallest absolute Gasteiger partial charge is 0.207 e. The van der Waals surface area contributed by atoms with Gasteiger partial charge in [-0.15, -0.1) is 15.5 Å². The zero-order valence-electron chi connectivity index (χ0n) is 6.59. The molecule has 1 rings (SSSR count). The highest BCUT2D eigenvalue weighted by molar-refractivity contribution is 8.65. The molecule has 0 aliphatic carbocycles. The van der Waals surface area contributed by atoms with E-state index in [1.54, 1.807) is 0 Å². The zero-order valence-corrected chi connectivity index (χ0v) is 8.16. The van der Waals surface area contributed by atoms with Crippen LogP contribution < -0.4 is 0 Å². The van der Waals surface area contributed by atoms with Gasteiger partial charge in [-0.2, -0.15) is 0 Å². The van der Waals surface area contributed by atoms with Crippen LogP contribution in [0.15, 0.2) is 17.0 Å². The molecule has 0 heterocycles. The van der Waals surface area contributed by atoms with Crippen molar-refractivity contribution in [1.82, 2.24) is 0 Å². The second kappa shape index (κ2) is 3.19. The maximum atomic E-state index is 12.6.